The van der Waals surface area contributed by atoms with Crippen LogP contribution in [0.25, 0.3) is 0 Å². The summed E-state index contributed by atoms with van der Waals surface area (Å²) < 4.78 is 0. The zero-order chi connectivity index (χ0) is 13.7. The molecular weight excluding hydrogens is 232 g/mol. The van der Waals surface area contributed by atoms with Crippen molar-refractivity contribution in [1.82, 2.24) is 10.2 Å². The van der Waals surface area contributed by atoms with Crippen LogP contribution in [0.3, 0.4) is 0 Å². The quantitative estimate of drug-likeness (QED) is 0.871. The number of hydrogen-bond donors (Lipinski definition) is 1. The number of nitrogens with one attached hydrogen (secondary N) is 1. The van der Waals surface area contributed by atoms with Crippen LogP contribution in [0.2, 0.25) is 0 Å². The lowest BCUT2D eigenvalue weighted by Gasteiger charge is -2.33. The van der Waals surface area contributed by atoms with Crippen molar-refractivity contribution in [2.45, 2.75) is 52.1 Å². The molecule has 1 aromatic rings. The van der Waals surface area contributed by atoms with Gasteiger partial charge in [-0.15, -0.1) is 0 Å². The van der Waals surface area contributed by atoms with Gasteiger partial charge in [0, 0.05) is 18.6 Å². The van der Waals surface area contributed by atoms with Crippen LogP contribution in [0, 0.1) is 6.92 Å². The maximum atomic E-state index is 3.70. The summed E-state index contributed by atoms with van der Waals surface area (Å²) in [5.41, 5.74) is 2.81. The van der Waals surface area contributed by atoms with E-state index in [2.05, 4.69) is 55.3 Å². The molecule has 0 spiro atoms. The van der Waals surface area contributed by atoms with Gasteiger partial charge in [-0.2, -0.15) is 0 Å². The first-order valence-corrected chi connectivity index (χ1v) is 7.71. The Hall–Kier alpha value is -0.860. The van der Waals surface area contributed by atoms with E-state index >= 15 is 0 Å². The molecule has 2 nitrogen and oxygen atoms in total. The van der Waals surface area contributed by atoms with E-state index in [0.717, 1.165) is 6.54 Å². The summed E-state index contributed by atoms with van der Waals surface area (Å²) in [5, 5.41) is 3.70. The number of likely N-dealkylation sites (tertiary alicyclic amines) is 1. The molecule has 0 radical (unpaired) electrons. The topological polar surface area (TPSA) is 15.3 Å². The van der Waals surface area contributed by atoms with Crippen molar-refractivity contribution in [3.8, 4) is 0 Å². The number of benzene rings is 1. The highest BCUT2D eigenvalue weighted by molar-refractivity contribution is 5.28. The average molecular weight is 260 g/mol. The number of hydrogen-bond acceptors (Lipinski definition) is 2. The third kappa shape index (κ3) is 4.05. The third-order valence-electron chi connectivity index (χ3n) is 4.39. The minimum absolute atomic E-state index is 0.438. The van der Waals surface area contributed by atoms with Crippen LogP contribution < -0.4 is 5.32 Å². The van der Waals surface area contributed by atoms with Crippen LogP contribution in [0.5, 0.6) is 0 Å². The second-order valence-electron chi connectivity index (χ2n) is 5.93. The maximum absolute atomic E-state index is 3.70. The maximum Gasteiger partial charge on any atom is 0.0295 e. The molecule has 19 heavy (non-hydrogen) atoms. The standard InChI is InChI=1S/C17H28N2/c1-14-9-5-6-10-17(14)16(3)18-13-15(2)19-11-7-4-8-12-19/h5-6,9-10,15-16,18H,4,7-8,11-13H2,1-3H3. The van der Waals surface area contributed by atoms with E-state index in [4.69, 9.17) is 0 Å². The Kier molecular flexibility index (Phi) is 5.41. The Morgan fingerprint density at radius 3 is 2.47 bits per heavy atom. The molecule has 1 fully saturated rings. The van der Waals surface area contributed by atoms with E-state index < -0.39 is 0 Å². The van der Waals surface area contributed by atoms with Gasteiger partial charge < -0.3 is 5.32 Å². The van der Waals surface area contributed by atoms with Crippen molar-refractivity contribution < 1.29 is 0 Å². The summed E-state index contributed by atoms with van der Waals surface area (Å²) >= 11 is 0. The number of aryl methyl sites for hydroxylation is 1. The number of rotatable bonds is 5. The van der Waals surface area contributed by atoms with E-state index in [0.29, 0.717) is 12.1 Å². The Labute approximate surface area is 118 Å². The summed E-state index contributed by atoms with van der Waals surface area (Å²) in [4.78, 5) is 2.63. The summed E-state index contributed by atoms with van der Waals surface area (Å²) in [5.74, 6) is 0. The van der Waals surface area contributed by atoms with Gasteiger partial charge in [-0.1, -0.05) is 30.7 Å². The van der Waals surface area contributed by atoms with Crippen molar-refractivity contribution >= 4 is 0 Å². The molecule has 1 aromatic carbocycles. The predicted octanol–water partition coefficient (Wildman–Crippen LogP) is 3.52. The van der Waals surface area contributed by atoms with Crippen molar-refractivity contribution in [3.63, 3.8) is 0 Å². The number of nitrogens with zero attached hydrogens (tertiary/aromatic N) is 1. The highest BCUT2D eigenvalue weighted by Gasteiger charge is 2.17. The van der Waals surface area contributed by atoms with Gasteiger partial charge in [0.1, 0.15) is 0 Å². The molecule has 1 saturated heterocycles. The third-order valence-corrected chi connectivity index (χ3v) is 4.39. The minimum atomic E-state index is 0.438. The monoisotopic (exact) mass is 260 g/mol. The van der Waals surface area contributed by atoms with E-state index in [1.165, 1.54) is 43.5 Å². The molecule has 2 heteroatoms. The number of piperidine rings is 1. The zero-order valence-electron chi connectivity index (χ0n) is 12.7. The molecule has 1 aliphatic heterocycles. The summed E-state index contributed by atoms with van der Waals surface area (Å²) in [6.45, 7) is 10.5. The van der Waals surface area contributed by atoms with Gasteiger partial charge in [-0.05, 0) is 57.8 Å². The molecule has 0 saturated carbocycles. The highest BCUT2D eigenvalue weighted by atomic mass is 15.2. The molecule has 1 aliphatic rings. The average Bonchev–Trinajstić information content (AvgIpc) is 2.46. The Bertz CT molecular complexity index is 383. The van der Waals surface area contributed by atoms with Gasteiger partial charge in [-0.25, -0.2) is 0 Å². The first-order valence-electron chi connectivity index (χ1n) is 7.71. The molecule has 2 rings (SSSR count). The van der Waals surface area contributed by atoms with Gasteiger partial charge in [0.25, 0.3) is 0 Å². The second-order valence-corrected chi connectivity index (χ2v) is 5.93. The van der Waals surface area contributed by atoms with Crippen LogP contribution in [0.1, 0.15) is 50.3 Å². The Morgan fingerprint density at radius 1 is 1.11 bits per heavy atom. The molecule has 1 N–H and O–H groups in total. The van der Waals surface area contributed by atoms with Gasteiger partial charge in [-0.3, -0.25) is 4.90 Å². The summed E-state index contributed by atoms with van der Waals surface area (Å²) in [6, 6.07) is 9.76. The van der Waals surface area contributed by atoms with Crippen molar-refractivity contribution in [3.05, 3.63) is 35.4 Å². The molecule has 106 valence electrons. The molecule has 2 unspecified atom stereocenters. The zero-order valence-corrected chi connectivity index (χ0v) is 12.7. The molecule has 2 atom stereocenters. The largest absolute Gasteiger partial charge is 0.309 e. The molecule has 0 bridgehead atoms. The molecule has 1 heterocycles. The SMILES string of the molecule is Cc1ccccc1C(C)NCC(C)N1CCCCC1. The van der Waals surface area contributed by atoms with E-state index in [1.807, 2.05) is 0 Å². The fraction of sp³-hybridized carbons (Fsp3) is 0.647. The van der Waals surface area contributed by atoms with Crippen LogP contribution >= 0.6 is 0 Å². The van der Waals surface area contributed by atoms with Gasteiger partial charge in [0.05, 0.1) is 0 Å². The smallest absolute Gasteiger partial charge is 0.0295 e. The predicted molar refractivity (Wildman–Crippen MR) is 82.5 cm³/mol. The van der Waals surface area contributed by atoms with Gasteiger partial charge in [0.15, 0.2) is 0 Å². The van der Waals surface area contributed by atoms with E-state index in [-0.39, 0.29) is 0 Å². The Balaban J connectivity index is 1.82. The normalized spacial score (nSPS) is 20.2. The molecule has 0 aliphatic carbocycles. The first kappa shape index (κ1) is 14.5. The lowest BCUT2D eigenvalue weighted by molar-refractivity contribution is 0.168. The van der Waals surface area contributed by atoms with Crippen LogP contribution in [0.4, 0.5) is 0 Å². The highest BCUT2D eigenvalue weighted by Crippen LogP contribution is 2.17. The lowest BCUT2D eigenvalue weighted by atomic mass is 10.0. The second kappa shape index (κ2) is 7.06. The molecule has 0 aromatic heterocycles. The fourth-order valence-corrected chi connectivity index (χ4v) is 3.02. The van der Waals surface area contributed by atoms with E-state index in [9.17, 15) is 0 Å². The van der Waals surface area contributed by atoms with Crippen molar-refractivity contribution in [2.75, 3.05) is 19.6 Å². The van der Waals surface area contributed by atoms with Crippen LogP contribution in [-0.2, 0) is 0 Å². The van der Waals surface area contributed by atoms with Crippen molar-refractivity contribution in [2.24, 2.45) is 0 Å². The molecule has 0 amide bonds. The van der Waals surface area contributed by atoms with Crippen LogP contribution in [0.15, 0.2) is 24.3 Å². The van der Waals surface area contributed by atoms with Crippen molar-refractivity contribution in [1.29, 1.82) is 0 Å². The molecular formula is C17H28N2. The Morgan fingerprint density at radius 2 is 1.79 bits per heavy atom. The lowest BCUT2D eigenvalue weighted by Crippen LogP contribution is -2.43. The van der Waals surface area contributed by atoms with Gasteiger partial charge in [0.2, 0.25) is 0 Å². The summed E-state index contributed by atoms with van der Waals surface area (Å²) in [7, 11) is 0. The van der Waals surface area contributed by atoms with Gasteiger partial charge >= 0.3 is 0 Å². The minimum Gasteiger partial charge on any atom is -0.309 e. The first-order chi connectivity index (χ1) is 9.18. The fourth-order valence-electron chi connectivity index (χ4n) is 3.02. The van der Waals surface area contributed by atoms with E-state index in [1.54, 1.807) is 0 Å². The van der Waals surface area contributed by atoms with Crippen LogP contribution in [-0.4, -0.2) is 30.6 Å². The summed E-state index contributed by atoms with van der Waals surface area (Å²) in [6.07, 6.45) is 4.16.